The standard InChI is InChI=1S/C10H16BrN/c1-3-9(2)8-12-7-5-4-6-10(12)11/h4-7,9-10H,3,8H2,1-2H3. The highest BCUT2D eigenvalue weighted by Crippen LogP contribution is 2.16. The largest absolute Gasteiger partial charge is 0.361 e. The molecule has 12 heavy (non-hydrogen) atoms. The molecule has 2 heteroatoms. The molecule has 1 aliphatic heterocycles. The van der Waals surface area contributed by atoms with Crippen molar-refractivity contribution in [3.63, 3.8) is 0 Å². The van der Waals surface area contributed by atoms with Gasteiger partial charge < -0.3 is 4.90 Å². The van der Waals surface area contributed by atoms with Crippen LogP contribution in [0.5, 0.6) is 0 Å². The van der Waals surface area contributed by atoms with Crippen molar-refractivity contribution >= 4 is 15.9 Å². The van der Waals surface area contributed by atoms with Gasteiger partial charge in [0.25, 0.3) is 0 Å². The number of allylic oxidation sites excluding steroid dienone is 2. The quantitative estimate of drug-likeness (QED) is 0.531. The van der Waals surface area contributed by atoms with Gasteiger partial charge in [0.15, 0.2) is 0 Å². The fourth-order valence-electron chi connectivity index (χ4n) is 1.16. The van der Waals surface area contributed by atoms with Crippen molar-refractivity contribution in [1.82, 2.24) is 4.90 Å². The second-order valence-electron chi connectivity index (χ2n) is 3.31. The number of hydrogen-bond acceptors (Lipinski definition) is 1. The molecular formula is C10H16BrN. The van der Waals surface area contributed by atoms with Crippen molar-refractivity contribution in [3.05, 3.63) is 24.4 Å². The molecule has 1 aliphatic rings. The van der Waals surface area contributed by atoms with Gasteiger partial charge in [-0.15, -0.1) is 0 Å². The molecule has 1 nitrogen and oxygen atoms in total. The van der Waals surface area contributed by atoms with Crippen molar-refractivity contribution in [2.45, 2.75) is 25.2 Å². The minimum atomic E-state index is 0.386. The zero-order valence-electron chi connectivity index (χ0n) is 7.70. The van der Waals surface area contributed by atoms with E-state index in [0.29, 0.717) is 4.95 Å². The normalized spacial score (nSPS) is 24.6. The van der Waals surface area contributed by atoms with E-state index in [1.165, 1.54) is 6.42 Å². The Morgan fingerprint density at radius 2 is 2.25 bits per heavy atom. The van der Waals surface area contributed by atoms with Crippen molar-refractivity contribution in [3.8, 4) is 0 Å². The minimum Gasteiger partial charge on any atom is -0.361 e. The first-order valence-electron chi connectivity index (χ1n) is 4.49. The van der Waals surface area contributed by atoms with Crippen molar-refractivity contribution < 1.29 is 0 Å². The molecule has 0 radical (unpaired) electrons. The van der Waals surface area contributed by atoms with E-state index in [-0.39, 0.29) is 0 Å². The van der Waals surface area contributed by atoms with E-state index >= 15 is 0 Å². The lowest BCUT2D eigenvalue weighted by molar-refractivity contribution is 0.324. The monoisotopic (exact) mass is 229 g/mol. The maximum atomic E-state index is 3.60. The minimum absolute atomic E-state index is 0.386. The molecule has 0 aromatic rings. The summed E-state index contributed by atoms with van der Waals surface area (Å²) in [7, 11) is 0. The Morgan fingerprint density at radius 3 is 2.83 bits per heavy atom. The molecule has 0 fully saturated rings. The topological polar surface area (TPSA) is 3.24 Å². The lowest BCUT2D eigenvalue weighted by Crippen LogP contribution is -2.29. The Morgan fingerprint density at radius 1 is 1.50 bits per heavy atom. The molecule has 2 unspecified atom stereocenters. The van der Waals surface area contributed by atoms with Crippen molar-refractivity contribution in [2.75, 3.05) is 6.54 Å². The third-order valence-electron chi connectivity index (χ3n) is 2.19. The molecule has 0 amide bonds. The molecule has 0 saturated carbocycles. The van der Waals surface area contributed by atoms with Gasteiger partial charge in [0.2, 0.25) is 0 Å². The van der Waals surface area contributed by atoms with E-state index in [1.54, 1.807) is 0 Å². The second kappa shape index (κ2) is 4.70. The lowest BCUT2D eigenvalue weighted by atomic mass is 10.1. The van der Waals surface area contributed by atoms with Crippen LogP contribution in [0.2, 0.25) is 0 Å². The molecule has 1 rings (SSSR count). The van der Waals surface area contributed by atoms with Crippen LogP contribution in [0.15, 0.2) is 24.4 Å². The SMILES string of the molecule is CCC(C)CN1C=CC=CC1Br. The van der Waals surface area contributed by atoms with Crippen LogP contribution in [-0.2, 0) is 0 Å². The molecule has 0 bridgehead atoms. The first-order valence-corrected chi connectivity index (χ1v) is 5.40. The van der Waals surface area contributed by atoms with Crippen LogP contribution >= 0.6 is 15.9 Å². The van der Waals surface area contributed by atoms with Crippen LogP contribution in [0, 0.1) is 5.92 Å². The van der Waals surface area contributed by atoms with E-state index in [2.05, 4.69) is 59.1 Å². The van der Waals surface area contributed by atoms with Gasteiger partial charge in [0, 0.05) is 12.7 Å². The third kappa shape index (κ3) is 2.67. The smallest absolute Gasteiger partial charge is 0.103 e. The van der Waals surface area contributed by atoms with Gasteiger partial charge in [-0.1, -0.05) is 48.4 Å². The number of rotatable bonds is 3. The number of alkyl halides is 1. The summed E-state index contributed by atoms with van der Waals surface area (Å²) in [6.07, 6.45) is 9.70. The summed E-state index contributed by atoms with van der Waals surface area (Å²) in [6, 6.07) is 0. The molecular weight excluding hydrogens is 214 g/mol. The summed E-state index contributed by atoms with van der Waals surface area (Å²) in [5.41, 5.74) is 0. The zero-order valence-corrected chi connectivity index (χ0v) is 9.29. The van der Waals surface area contributed by atoms with Gasteiger partial charge in [0.05, 0.1) is 0 Å². The summed E-state index contributed by atoms with van der Waals surface area (Å²) in [4.78, 5) is 2.70. The van der Waals surface area contributed by atoms with Crippen LogP contribution in [-0.4, -0.2) is 16.4 Å². The summed E-state index contributed by atoms with van der Waals surface area (Å²) >= 11 is 3.60. The Kier molecular flexibility index (Phi) is 3.86. The van der Waals surface area contributed by atoms with Gasteiger partial charge in [0.1, 0.15) is 4.95 Å². The molecule has 0 aliphatic carbocycles. The molecule has 2 atom stereocenters. The fourth-order valence-corrected chi connectivity index (χ4v) is 1.64. The predicted octanol–water partition coefficient (Wildman–Crippen LogP) is 3.14. The van der Waals surface area contributed by atoms with Crippen LogP contribution in [0.25, 0.3) is 0 Å². The van der Waals surface area contributed by atoms with E-state index in [9.17, 15) is 0 Å². The number of halogens is 1. The highest BCUT2D eigenvalue weighted by Gasteiger charge is 2.12. The maximum Gasteiger partial charge on any atom is 0.103 e. The number of hydrogen-bond donors (Lipinski definition) is 0. The molecule has 1 heterocycles. The van der Waals surface area contributed by atoms with E-state index in [4.69, 9.17) is 0 Å². The molecule has 0 N–H and O–H groups in total. The van der Waals surface area contributed by atoms with Crippen LogP contribution in [0.3, 0.4) is 0 Å². The highest BCUT2D eigenvalue weighted by molar-refractivity contribution is 9.09. The Bertz CT molecular complexity index is 186. The third-order valence-corrected chi connectivity index (χ3v) is 3.03. The Balaban J connectivity index is 2.41. The average molecular weight is 230 g/mol. The summed E-state index contributed by atoms with van der Waals surface area (Å²) in [5.74, 6) is 0.765. The second-order valence-corrected chi connectivity index (χ2v) is 4.25. The van der Waals surface area contributed by atoms with Gasteiger partial charge in [-0.05, 0) is 12.0 Å². The molecule has 68 valence electrons. The first-order chi connectivity index (χ1) is 5.74. The van der Waals surface area contributed by atoms with Gasteiger partial charge in [-0.25, -0.2) is 0 Å². The zero-order chi connectivity index (χ0) is 8.97. The van der Waals surface area contributed by atoms with Crippen LogP contribution < -0.4 is 0 Å². The molecule has 0 saturated heterocycles. The molecule has 0 spiro atoms. The predicted molar refractivity (Wildman–Crippen MR) is 57.2 cm³/mol. The van der Waals surface area contributed by atoms with E-state index < -0.39 is 0 Å². The maximum absolute atomic E-state index is 3.60. The van der Waals surface area contributed by atoms with Gasteiger partial charge in [-0.3, -0.25) is 0 Å². The van der Waals surface area contributed by atoms with Crippen molar-refractivity contribution in [1.29, 1.82) is 0 Å². The first kappa shape index (κ1) is 9.85. The van der Waals surface area contributed by atoms with E-state index in [1.807, 2.05) is 0 Å². The molecule has 0 aromatic heterocycles. The Hall–Kier alpha value is -0.240. The average Bonchev–Trinajstić information content (AvgIpc) is 2.09. The van der Waals surface area contributed by atoms with Crippen LogP contribution in [0.1, 0.15) is 20.3 Å². The van der Waals surface area contributed by atoms with Gasteiger partial charge in [-0.2, -0.15) is 0 Å². The summed E-state index contributed by atoms with van der Waals surface area (Å²) in [5, 5.41) is 0. The lowest BCUT2D eigenvalue weighted by Gasteiger charge is -2.28. The van der Waals surface area contributed by atoms with E-state index in [0.717, 1.165) is 12.5 Å². The van der Waals surface area contributed by atoms with Crippen molar-refractivity contribution in [2.24, 2.45) is 5.92 Å². The van der Waals surface area contributed by atoms with Crippen LogP contribution in [0.4, 0.5) is 0 Å². The van der Waals surface area contributed by atoms with Gasteiger partial charge >= 0.3 is 0 Å². The summed E-state index contributed by atoms with van der Waals surface area (Å²) < 4.78 is 0. The highest BCUT2D eigenvalue weighted by atomic mass is 79.9. The fraction of sp³-hybridized carbons (Fsp3) is 0.600. The molecule has 0 aromatic carbocycles. The number of nitrogens with zero attached hydrogens (tertiary/aromatic N) is 1. The summed E-state index contributed by atoms with van der Waals surface area (Å²) in [6.45, 7) is 5.65. The Labute approximate surface area is 83.3 Å².